The van der Waals surface area contributed by atoms with Gasteiger partial charge in [-0.15, -0.1) is 0 Å². The van der Waals surface area contributed by atoms with E-state index < -0.39 is 0 Å². The first kappa shape index (κ1) is 10.2. The van der Waals surface area contributed by atoms with Crippen molar-refractivity contribution in [2.75, 3.05) is 6.61 Å². The molecule has 1 aromatic carbocycles. The number of hydrazine groups is 1. The first-order valence-corrected chi connectivity index (χ1v) is 5.09. The fraction of sp³-hybridized carbons (Fsp3) is 0.333. The molecule has 0 aromatic heterocycles. The molecule has 0 fully saturated rings. The van der Waals surface area contributed by atoms with Gasteiger partial charge in [0.25, 0.3) is 0 Å². The molecule has 80 valence electrons. The fourth-order valence-electron chi connectivity index (χ4n) is 1.91. The number of ether oxygens (including phenoxy) is 1. The summed E-state index contributed by atoms with van der Waals surface area (Å²) < 4.78 is 5.45. The number of nitrogens with two attached hydrogens (primary N) is 1. The zero-order valence-electron chi connectivity index (χ0n) is 8.92. The summed E-state index contributed by atoms with van der Waals surface area (Å²) in [4.78, 5) is 0. The molecule has 1 aliphatic heterocycles. The van der Waals surface area contributed by atoms with Gasteiger partial charge < -0.3 is 4.74 Å². The van der Waals surface area contributed by atoms with Crippen LogP contribution in [0, 0.1) is 0 Å². The molecule has 3 nitrogen and oxygen atoms in total. The number of rotatable bonds is 3. The minimum atomic E-state index is 0.0240. The van der Waals surface area contributed by atoms with Gasteiger partial charge in [-0.05, 0) is 24.1 Å². The number of fused-ring (bicyclic) bond motifs is 1. The second-order valence-corrected chi connectivity index (χ2v) is 3.91. The Hall–Kier alpha value is -1.32. The third kappa shape index (κ3) is 1.89. The van der Waals surface area contributed by atoms with Crippen LogP contribution in [0.2, 0.25) is 0 Å². The van der Waals surface area contributed by atoms with Crippen molar-refractivity contribution in [3.8, 4) is 5.75 Å². The maximum atomic E-state index is 5.51. The number of nitrogens with one attached hydrogen (secondary N) is 1. The highest BCUT2D eigenvalue weighted by atomic mass is 16.5. The number of hydrogen-bond acceptors (Lipinski definition) is 3. The van der Waals surface area contributed by atoms with Crippen LogP contribution in [0.3, 0.4) is 0 Å². The van der Waals surface area contributed by atoms with Gasteiger partial charge in [0, 0.05) is 6.42 Å². The van der Waals surface area contributed by atoms with E-state index in [2.05, 4.69) is 18.1 Å². The minimum Gasteiger partial charge on any atom is -0.493 e. The molecule has 0 amide bonds. The molecule has 3 heteroatoms. The molecule has 0 aliphatic carbocycles. The van der Waals surface area contributed by atoms with Crippen molar-refractivity contribution in [1.82, 2.24) is 5.43 Å². The Morgan fingerprint density at radius 3 is 3.07 bits per heavy atom. The summed E-state index contributed by atoms with van der Waals surface area (Å²) in [5.74, 6) is 6.51. The molecule has 1 atom stereocenters. The maximum absolute atomic E-state index is 5.51. The van der Waals surface area contributed by atoms with Gasteiger partial charge >= 0.3 is 0 Å². The normalized spacial score (nSPS) is 15.6. The second-order valence-electron chi connectivity index (χ2n) is 3.91. The van der Waals surface area contributed by atoms with E-state index in [1.807, 2.05) is 19.1 Å². The predicted molar refractivity (Wildman–Crippen MR) is 60.5 cm³/mol. The van der Waals surface area contributed by atoms with Gasteiger partial charge in [-0.25, -0.2) is 5.43 Å². The van der Waals surface area contributed by atoms with Gasteiger partial charge in [0.1, 0.15) is 5.75 Å². The molecule has 0 radical (unpaired) electrons. The van der Waals surface area contributed by atoms with E-state index in [0.717, 1.165) is 29.9 Å². The van der Waals surface area contributed by atoms with Crippen LogP contribution in [-0.4, -0.2) is 6.61 Å². The highest BCUT2D eigenvalue weighted by Crippen LogP contribution is 2.29. The molecule has 0 saturated heterocycles. The molecule has 0 bridgehead atoms. The molecular formula is C12H16N2O. The number of benzene rings is 1. The van der Waals surface area contributed by atoms with Crippen molar-refractivity contribution >= 4 is 0 Å². The zero-order valence-corrected chi connectivity index (χ0v) is 8.92. The molecule has 1 unspecified atom stereocenters. The van der Waals surface area contributed by atoms with Crippen LogP contribution < -0.4 is 16.0 Å². The predicted octanol–water partition coefficient (Wildman–Crippen LogP) is 1.70. The highest BCUT2D eigenvalue weighted by Gasteiger charge is 2.16. The van der Waals surface area contributed by atoms with Crippen LogP contribution in [0.25, 0.3) is 0 Å². The summed E-state index contributed by atoms with van der Waals surface area (Å²) in [6, 6.07) is 6.20. The Morgan fingerprint density at radius 1 is 1.60 bits per heavy atom. The van der Waals surface area contributed by atoms with Crippen molar-refractivity contribution in [1.29, 1.82) is 0 Å². The van der Waals surface area contributed by atoms with Crippen LogP contribution in [0.15, 0.2) is 30.4 Å². The lowest BCUT2D eigenvalue weighted by Gasteiger charge is -2.16. The standard InChI is InChI=1S/C12H16N2O/c1-8(2)12(14-13)10-3-4-11-9(7-10)5-6-15-11/h3-4,7,12,14H,1,5-6,13H2,2H3. The van der Waals surface area contributed by atoms with Crippen molar-refractivity contribution in [2.24, 2.45) is 5.84 Å². The molecule has 2 rings (SSSR count). The molecule has 1 aromatic rings. The summed E-state index contributed by atoms with van der Waals surface area (Å²) in [5, 5.41) is 0. The first-order valence-electron chi connectivity index (χ1n) is 5.09. The largest absolute Gasteiger partial charge is 0.493 e. The molecule has 0 saturated carbocycles. The Bertz CT molecular complexity index is 387. The van der Waals surface area contributed by atoms with Crippen LogP contribution >= 0.6 is 0 Å². The summed E-state index contributed by atoms with van der Waals surface area (Å²) in [6.45, 7) is 6.67. The van der Waals surface area contributed by atoms with E-state index in [4.69, 9.17) is 10.6 Å². The maximum Gasteiger partial charge on any atom is 0.122 e. The lowest BCUT2D eigenvalue weighted by atomic mass is 9.99. The van der Waals surface area contributed by atoms with Crippen molar-refractivity contribution in [3.05, 3.63) is 41.5 Å². The summed E-state index contributed by atoms with van der Waals surface area (Å²) in [7, 11) is 0. The van der Waals surface area contributed by atoms with Crippen molar-refractivity contribution < 1.29 is 4.74 Å². The second kappa shape index (κ2) is 4.04. The lowest BCUT2D eigenvalue weighted by molar-refractivity contribution is 0.357. The van der Waals surface area contributed by atoms with Crippen LogP contribution in [-0.2, 0) is 6.42 Å². The summed E-state index contributed by atoms with van der Waals surface area (Å²) in [5.41, 5.74) is 6.18. The monoisotopic (exact) mass is 204 g/mol. The Kier molecular flexibility index (Phi) is 2.75. The van der Waals surface area contributed by atoms with Gasteiger partial charge in [-0.2, -0.15) is 0 Å². The molecule has 1 aliphatic rings. The van der Waals surface area contributed by atoms with E-state index in [1.165, 1.54) is 5.56 Å². The molecule has 0 spiro atoms. The molecular weight excluding hydrogens is 188 g/mol. The summed E-state index contributed by atoms with van der Waals surface area (Å²) in [6.07, 6.45) is 0.983. The van der Waals surface area contributed by atoms with Gasteiger partial charge in [-0.3, -0.25) is 5.84 Å². The third-order valence-corrected chi connectivity index (χ3v) is 2.71. The Labute approximate surface area is 89.9 Å². The van der Waals surface area contributed by atoms with Crippen molar-refractivity contribution in [3.63, 3.8) is 0 Å². The fourth-order valence-corrected chi connectivity index (χ4v) is 1.91. The highest BCUT2D eigenvalue weighted by molar-refractivity contribution is 5.42. The van der Waals surface area contributed by atoms with E-state index in [0.29, 0.717) is 0 Å². The Balaban J connectivity index is 2.32. The van der Waals surface area contributed by atoms with Gasteiger partial charge in [-0.1, -0.05) is 24.3 Å². The van der Waals surface area contributed by atoms with Crippen LogP contribution in [0.1, 0.15) is 24.1 Å². The Morgan fingerprint density at radius 2 is 2.40 bits per heavy atom. The number of hydrogen-bond donors (Lipinski definition) is 2. The third-order valence-electron chi connectivity index (χ3n) is 2.71. The SMILES string of the molecule is C=C(C)C(NN)c1ccc2c(c1)CCO2. The molecule has 1 heterocycles. The lowest BCUT2D eigenvalue weighted by Crippen LogP contribution is -2.28. The van der Waals surface area contributed by atoms with Gasteiger partial charge in [0.15, 0.2) is 0 Å². The van der Waals surface area contributed by atoms with Crippen LogP contribution in [0.5, 0.6) is 5.75 Å². The first-order chi connectivity index (χ1) is 7.22. The van der Waals surface area contributed by atoms with Gasteiger partial charge in [0.05, 0.1) is 12.6 Å². The average molecular weight is 204 g/mol. The minimum absolute atomic E-state index is 0.0240. The van der Waals surface area contributed by atoms with E-state index in [-0.39, 0.29) is 6.04 Å². The van der Waals surface area contributed by atoms with E-state index >= 15 is 0 Å². The van der Waals surface area contributed by atoms with Gasteiger partial charge in [0.2, 0.25) is 0 Å². The van der Waals surface area contributed by atoms with Crippen molar-refractivity contribution in [2.45, 2.75) is 19.4 Å². The van der Waals surface area contributed by atoms with E-state index in [1.54, 1.807) is 0 Å². The molecule has 15 heavy (non-hydrogen) atoms. The summed E-state index contributed by atoms with van der Waals surface area (Å²) >= 11 is 0. The smallest absolute Gasteiger partial charge is 0.122 e. The average Bonchev–Trinajstić information content (AvgIpc) is 2.65. The zero-order chi connectivity index (χ0) is 10.8. The quantitative estimate of drug-likeness (QED) is 0.447. The van der Waals surface area contributed by atoms with E-state index in [9.17, 15) is 0 Å². The molecule has 3 N–H and O–H groups in total. The van der Waals surface area contributed by atoms with Crippen LogP contribution in [0.4, 0.5) is 0 Å². The topological polar surface area (TPSA) is 47.3 Å².